The molecule has 6 nitrogen and oxygen atoms in total. The summed E-state index contributed by atoms with van der Waals surface area (Å²) in [6.07, 6.45) is 2.03. The third-order valence-electron chi connectivity index (χ3n) is 4.55. The Morgan fingerprint density at radius 3 is 2.52 bits per heavy atom. The summed E-state index contributed by atoms with van der Waals surface area (Å²) in [6, 6.07) is 10.1. The molecular weight excluding hydrogens is 364 g/mol. The standard InChI is InChI=1S/C20H24N2O4S/c1-13(22-26-27(24,25)12-20(3,4)21-14(2)23)17-11-10-16-9-8-15-6-5-7-18(17)19(15)16/h5-7,10-11,22H,1,8-9,12H2,2-4H3,(H,21,23). The maximum Gasteiger partial charge on any atom is 0.290 e. The summed E-state index contributed by atoms with van der Waals surface area (Å²) in [5.74, 6) is -0.676. The Kier molecular flexibility index (Phi) is 5.01. The summed E-state index contributed by atoms with van der Waals surface area (Å²) in [5.41, 5.74) is 5.28. The summed E-state index contributed by atoms with van der Waals surface area (Å²) in [5, 5.41) is 4.83. The Labute approximate surface area is 159 Å². The molecule has 0 aliphatic heterocycles. The molecule has 0 radical (unpaired) electrons. The molecule has 0 heterocycles. The number of carbonyl (C=O) groups excluding carboxylic acids is 1. The van der Waals surface area contributed by atoms with Crippen LogP contribution in [0, 0.1) is 0 Å². The molecule has 0 unspecified atom stereocenters. The van der Waals surface area contributed by atoms with E-state index in [0.717, 1.165) is 23.8 Å². The van der Waals surface area contributed by atoms with Gasteiger partial charge in [0.25, 0.3) is 10.1 Å². The molecule has 1 amide bonds. The molecule has 0 saturated carbocycles. The maximum atomic E-state index is 12.3. The number of aryl methyl sites for hydroxylation is 2. The average Bonchev–Trinajstić information content (AvgIpc) is 2.96. The Balaban J connectivity index is 1.75. The monoisotopic (exact) mass is 388 g/mol. The largest absolute Gasteiger partial charge is 0.350 e. The molecule has 0 aromatic heterocycles. The zero-order chi connectivity index (χ0) is 19.8. The van der Waals surface area contributed by atoms with Gasteiger partial charge in [-0.1, -0.05) is 36.9 Å². The summed E-state index contributed by atoms with van der Waals surface area (Å²) in [4.78, 5) is 11.2. The van der Waals surface area contributed by atoms with Crippen molar-refractivity contribution >= 4 is 32.5 Å². The lowest BCUT2D eigenvalue weighted by Crippen LogP contribution is -2.48. The summed E-state index contributed by atoms with van der Waals surface area (Å²) >= 11 is 0. The highest BCUT2D eigenvalue weighted by Crippen LogP contribution is 2.34. The molecule has 1 aliphatic rings. The van der Waals surface area contributed by atoms with Crippen LogP contribution in [0.1, 0.15) is 37.5 Å². The van der Waals surface area contributed by atoms with Crippen LogP contribution in [0.25, 0.3) is 16.5 Å². The van der Waals surface area contributed by atoms with Crippen LogP contribution in [-0.4, -0.2) is 25.6 Å². The molecule has 27 heavy (non-hydrogen) atoms. The van der Waals surface area contributed by atoms with Crippen LogP contribution in [0.4, 0.5) is 0 Å². The first-order chi connectivity index (χ1) is 12.6. The van der Waals surface area contributed by atoms with Crippen molar-refractivity contribution < 1.29 is 17.5 Å². The van der Waals surface area contributed by atoms with Crippen molar-refractivity contribution in [3.05, 3.63) is 53.6 Å². The first-order valence-electron chi connectivity index (χ1n) is 8.77. The number of hydrogen-bond acceptors (Lipinski definition) is 5. The fraction of sp³-hybridized carbons (Fsp3) is 0.350. The van der Waals surface area contributed by atoms with Crippen LogP contribution in [0.3, 0.4) is 0 Å². The summed E-state index contributed by atoms with van der Waals surface area (Å²) in [7, 11) is -3.93. The number of amides is 1. The van der Waals surface area contributed by atoms with Gasteiger partial charge in [-0.15, -0.1) is 0 Å². The highest BCUT2D eigenvalue weighted by atomic mass is 32.2. The lowest BCUT2D eigenvalue weighted by Gasteiger charge is -2.25. The third-order valence-corrected chi connectivity index (χ3v) is 5.96. The van der Waals surface area contributed by atoms with Crippen molar-refractivity contribution in [1.29, 1.82) is 0 Å². The van der Waals surface area contributed by atoms with Crippen LogP contribution in [0.15, 0.2) is 36.9 Å². The molecule has 0 spiro atoms. The molecule has 2 N–H and O–H groups in total. The van der Waals surface area contributed by atoms with E-state index in [1.54, 1.807) is 13.8 Å². The molecular formula is C20H24N2O4S. The average molecular weight is 388 g/mol. The molecule has 144 valence electrons. The van der Waals surface area contributed by atoms with Gasteiger partial charge in [0.1, 0.15) is 5.75 Å². The summed E-state index contributed by atoms with van der Waals surface area (Å²) < 4.78 is 29.5. The number of carbonyl (C=O) groups is 1. The fourth-order valence-corrected chi connectivity index (χ4v) is 4.91. The van der Waals surface area contributed by atoms with E-state index in [0.29, 0.717) is 5.70 Å². The smallest absolute Gasteiger partial charge is 0.290 e. The van der Waals surface area contributed by atoms with Crippen molar-refractivity contribution in [2.24, 2.45) is 0 Å². The number of benzene rings is 2. The number of nitrogens with one attached hydrogen (secondary N) is 2. The van der Waals surface area contributed by atoms with Crippen LogP contribution in [0.2, 0.25) is 0 Å². The SMILES string of the molecule is C=C(NOS(=O)(=O)CC(C)(C)NC(C)=O)c1ccc2c3c(cccc13)CC2. The minimum absolute atomic E-state index is 0.305. The van der Waals surface area contributed by atoms with E-state index >= 15 is 0 Å². The molecule has 1 aliphatic carbocycles. The molecule has 0 bridgehead atoms. The quantitative estimate of drug-likeness (QED) is 0.713. The molecule has 0 fully saturated rings. The number of hydrogen-bond donors (Lipinski definition) is 2. The van der Waals surface area contributed by atoms with Crippen molar-refractivity contribution in [3.63, 3.8) is 0 Å². The van der Waals surface area contributed by atoms with Crippen LogP contribution in [0.5, 0.6) is 0 Å². The Morgan fingerprint density at radius 2 is 1.85 bits per heavy atom. The summed E-state index contributed by atoms with van der Waals surface area (Å²) in [6.45, 7) is 8.51. The lowest BCUT2D eigenvalue weighted by molar-refractivity contribution is -0.120. The van der Waals surface area contributed by atoms with E-state index < -0.39 is 15.7 Å². The highest BCUT2D eigenvalue weighted by Gasteiger charge is 2.28. The van der Waals surface area contributed by atoms with E-state index in [1.165, 1.54) is 23.4 Å². The molecule has 3 rings (SSSR count). The second-order valence-corrected chi connectivity index (χ2v) is 9.11. The fourth-order valence-electron chi connectivity index (χ4n) is 3.66. The van der Waals surface area contributed by atoms with Crippen molar-refractivity contribution in [1.82, 2.24) is 10.8 Å². The van der Waals surface area contributed by atoms with Gasteiger partial charge in [-0.2, -0.15) is 12.7 Å². The van der Waals surface area contributed by atoms with E-state index in [2.05, 4.69) is 29.5 Å². The normalized spacial score (nSPS) is 13.6. The van der Waals surface area contributed by atoms with E-state index in [9.17, 15) is 13.2 Å². The van der Waals surface area contributed by atoms with Gasteiger partial charge in [0.15, 0.2) is 0 Å². The zero-order valence-corrected chi connectivity index (χ0v) is 16.6. The maximum absolute atomic E-state index is 12.3. The number of rotatable bonds is 7. The Hall–Kier alpha value is -2.38. The van der Waals surface area contributed by atoms with Gasteiger partial charge in [-0.3, -0.25) is 4.79 Å². The van der Waals surface area contributed by atoms with Crippen molar-refractivity contribution in [2.75, 3.05) is 5.75 Å². The Morgan fingerprint density at radius 1 is 1.19 bits per heavy atom. The van der Waals surface area contributed by atoms with Crippen molar-refractivity contribution in [3.8, 4) is 0 Å². The first kappa shape index (κ1) is 19.4. The molecule has 2 aromatic rings. The lowest BCUT2D eigenvalue weighted by atomic mass is 9.99. The molecule has 7 heteroatoms. The van der Waals surface area contributed by atoms with Gasteiger partial charge in [-0.05, 0) is 48.6 Å². The predicted octanol–water partition coefficient (Wildman–Crippen LogP) is 2.67. The van der Waals surface area contributed by atoms with Gasteiger partial charge >= 0.3 is 0 Å². The second kappa shape index (κ2) is 6.98. The van der Waals surface area contributed by atoms with Gasteiger partial charge in [0.05, 0.1) is 11.2 Å². The van der Waals surface area contributed by atoms with Gasteiger partial charge in [0, 0.05) is 12.5 Å². The van der Waals surface area contributed by atoms with E-state index in [4.69, 9.17) is 4.28 Å². The predicted molar refractivity (Wildman–Crippen MR) is 106 cm³/mol. The van der Waals surface area contributed by atoms with Gasteiger partial charge in [0.2, 0.25) is 5.91 Å². The minimum Gasteiger partial charge on any atom is -0.350 e. The Bertz CT molecular complexity index is 1020. The van der Waals surface area contributed by atoms with Crippen LogP contribution >= 0.6 is 0 Å². The molecule has 2 aromatic carbocycles. The van der Waals surface area contributed by atoms with E-state index in [-0.39, 0.29) is 11.7 Å². The molecule has 0 saturated heterocycles. The third kappa shape index (κ3) is 4.31. The second-order valence-electron chi connectivity index (χ2n) is 7.54. The van der Waals surface area contributed by atoms with Crippen LogP contribution in [-0.2, 0) is 32.0 Å². The van der Waals surface area contributed by atoms with E-state index in [1.807, 2.05) is 18.2 Å². The van der Waals surface area contributed by atoms with Crippen LogP contribution < -0.4 is 10.8 Å². The molecule has 0 atom stereocenters. The minimum atomic E-state index is -3.93. The van der Waals surface area contributed by atoms with Gasteiger partial charge < -0.3 is 5.32 Å². The zero-order valence-electron chi connectivity index (χ0n) is 15.8. The number of hydroxylamine groups is 1. The topological polar surface area (TPSA) is 84.5 Å². The van der Waals surface area contributed by atoms with Gasteiger partial charge in [-0.25, -0.2) is 5.48 Å². The highest BCUT2D eigenvalue weighted by molar-refractivity contribution is 7.86. The van der Waals surface area contributed by atoms with Crippen molar-refractivity contribution in [2.45, 2.75) is 39.2 Å². The first-order valence-corrected chi connectivity index (χ1v) is 10.3.